The topological polar surface area (TPSA) is 62.9 Å². The van der Waals surface area contributed by atoms with E-state index < -0.39 is 0 Å². The lowest BCUT2D eigenvalue weighted by Gasteiger charge is -2.10. The molecule has 0 aliphatic heterocycles. The highest BCUT2D eigenvalue weighted by molar-refractivity contribution is 5.40. The second kappa shape index (κ2) is 9.00. The number of benzene rings is 1. The quantitative estimate of drug-likeness (QED) is 0.666. The smallest absolute Gasteiger partial charge is 0.119 e. The van der Waals surface area contributed by atoms with Crippen LogP contribution in [0.3, 0.4) is 0 Å². The molecule has 0 amide bonds. The van der Waals surface area contributed by atoms with Gasteiger partial charge in [-0.25, -0.2) is 0 Å². The van der Waals surface area contributed by atoms with Gasteiger partial charge in [0.1, 0.15) is 12.4 Å². The first-order valence-electron chi connectivity index (χ1n) is 7.47. The summed E-state index contributed by atoms with van der Waals surface area (Å²) in [6, 6.07) is 6.34. The summed E-state index contributed by atoms with van der Waals surface area (Å²) in [7, 11) is 1.66. The van der Waals surface area contributed by atoms with Gasteiger partial charge in [-0.3, -0.25) is 0 Å². The van der Waals surface area contributed by atoms with E-state index in [0.717, 1.165) is 18.6 Å². The van der Waals surface area contributed by atoms with Crippen molar-refractivity contribution in [3.63, 3.8) is 0 Å². The third-order valence-corrected chi connectivity index (χ3v) is 3.54. The lowest BCUT2D eigenvalue weighted by molar-refractivity contribution is 0.0179. The standard InChI is InChI=1S/C16H25NO4/c1-18-6-7-19-8-9-20-10-11-21-14-3-4-15-13(12-14)2-5-16(15)17/h3-4,12,16H,2,5-11,17H2,1H3/t16-/m1/s1. The van der Waals surface area contributed by atoms with E-state index >= 15 is 0 Å². The molecule has 1 aromatic rings. The van der Waals surface area contributed by atoms with Crippen molar-refractivity contribution in [3.8, 4) is 5.75 Å². The lowest BCUT2D eigenvalue weighted by atomic mass is 10.1. The summed E-state index contributed by atoms with van der Waals surface area (Å²) in [5.41, 5.74) is 8.58. The highest BCUT2D eigenvalue weighted by atomic mass is 16.6. The summed E-state index contributed by atoms with van der Waals surface area (Å²) in [6.07, 6.45) is 2.08. The van der Waals surface area contributed by atoms with Crippen molar-refractivity contribution in [2.45, 2.75) is 18.9 Å². The van der Waals surface area contributed by atoms with Gasteiger partial charge < -0.3 is 24.7 Å². The summed E-state index contributed by atoms with van der Waals surface area (Å²) in [5, 5.41) is 0. The van der Waals surface area contributed by atoms with Gasteiger partial charge in [-0.05, 0) is 36.1 Å². The SMILES string of the molecule is COCCOCCOCCOc1ccc2c(c1)CC[C@H]2N. The molecule has 2 N–H and O–H groups in total. The van der Waals surface area contributed by atoms with Crippen molar-refractivity contribution in [1.29, 1.82) is 0 Å². The zero-order valence-electron chi connectivity index (χ0n) is 12.7. The van der Waals surface area contributed by atoms with E-state index in [1.807, 2.05) is 6.07 Å². The fraction of sp³-hybridized carbons (Fsp3) is 0.625. The first-order valence-corrected chi connectivity index (χ1v) is 7.47. The van der Waals surface area contributed by atoms with Crippen molar-refractivity contribution in [2.24, 2.45) is 5.73 Å². The maximum absolute atomic E-state index is 6.01. The van der Waals surface area contributed by atoms with Gasteiger partial charge in [0, 0.05) is 13.2 Å². The highest BCUT2D eigenvalue weighted by Gasteiger charge is 2.18. The van der Waals surface area contributed by atoms with Crippen molar-refractivity contribution in [1.82, 2.24) is 0 Å². The average Bonchev–Trinajstić information content (AvgIpc) is 2.86. The first-order chi connectivity index (χ1) is 10.3. The Bertz CT molecular complexity index is 425. The minimum atomic E-state index is 0.190. The van der Waals surface area contributed by atoms with Crippen LogP contribution in [0.4, 0.5) is 0 Å². The minimum absolute atomic E-state index is 0.190. The molecule has 5 nitrogen and oxygen atoms in total. The second-order valence-corrected chi connectivity index (χ2v) is 5.07. The number of methoxy groups -OCH3 is 1. The highest BCUT2D eigenvalue weighted by Crippen LogP contribution is 2.31. The maximum Gasteiger partial charge on any atom is 0.119 e. The van der Waals surface area contributed by atoms with E-state index in [2.05, 4.69) is 12.1 Å². The molecule has 2 rings (SSSR count). The fourth-order valence-electron chi connectivity index (χ4n) is 2.40. The van der Waals surface area contributed by atoms with Crippen LogP contribution in [0.5, 0.6) is 5.75 Å². The zero-order valence-corrected chi connectivity index (χ0v) is 12.7. The average molecular weight is 295 g/mol. The molecule has 0 aromatic heterocycles. The van der Waals surface area contributed by atoms with Gasteiger partial charge >= 0.3 is 0 Å². The molecule has 5 heteroatoms. The molecule has 1 aliphatic carbocycles. The Morgan fingerprint density at radius 1 is 1.05 bits per heavy atom. The molecule has 0 unspecified atom stereocenters. The Balaban J connectivity index is 1.55. The van der Waals surface area contributed by atoms with Crippen molar-refractivity contribution in [3.05, 3.63) is 29.3 Å². The molecule has 0 radical (unpaired) electrons. The molecular formula is C16H25NO4. The number of fused-ring (bicyclic) bond motifs is 1. The van der Waals surface area contributed by atoms with Crippen LogP contribution in [-0.4, -0.2) is 46.8 Å². The number of nitrogens with two attached hydrogens (primary N) is 1. The fourth-order valence-corrected chi connectivity index (χ4v) is 2.40. The number of aryl methyl sites for hydroxylation is 1. The van der Waals surface area contributed by atoms with E-state index in [4.69, 9.17) is 24.7 Å². The number of rotatable bonds is 10. The monoisotopic (exact) mass is 295 g/mol. The van der Waals surface area contributed by atoms with Crippen LogP contribution < -0.4 is 10.5 Å². The Hall–Kier alpha value is -1.14. The molecule has 0 heterocycles. The van der Waals surface area contributed by atoms with Gasteiger partial charge in [0.15, 0.2) is 0 Å². The van der Waals surface area contributed by atoms with Gasteiger partial charge in [0.25, 0.3) is 0 Å². The Morgan fingerprint density at radius 3 is 2.52 bits per heavy atom. The molecular weight excluding hydrogens is 270 g/mol. The molecule has 0 fully saturated rings. The van der Waals surface area contributed by atoms with Crippen LogP contribution in [0.1, 0.15) is 23.6 Å². The molecule has 1 aliphatic rings. The molecule has 1 atom stereocenters. The van der Waals surface area contributed by atoms with Crippen molar-refractivity contribution < 1.29 is 18.9 Å². The third-order valence-electron chi connectivity index (χ3n) is 3.54. The van der Waals surface area contributed by atoms with Crippen LogP contribution in [0, 0.1) is 0 Å². The molecule has 118 valence electrons. The first kappa shape index (κ1) is 16.2. The summed E-state index contributed by atoms with van der Waals surface area (Å²) in [6.45, 7) is 3.48. The summed E-state index contributed by atoms with van der Waals surface area (Å²) >= 11 is 0. The van der Waals surface area contributed by atoms with Crippen LogP contribution in [0.15, 0.2) is 18.2 Å². The van der Waals surface area contributed by atoms with Gasteiger partial charge in [-0.15, -0.1) is 0 Å². The van der Waals surface area contributed by atoms with Gasteiger partial charge in [0.05, 0.1) is 33.0 Å². The predicted octanol–water partition coefficient (Wildman–Crippen LogP) is 1.69. The number of hydrogen-bond donors (Lipinski definition) is 1. The lowest BCUT2D eigenvalue weighted by Crippen LogP contribution is -2.12. The van der Waals surface area contributed by atoms with Gasteiger partial charge in [-0.1, -0.05) is 6.07 Å². The predicted molar refractivity (Wildman–Crippen MR) is 80.7 cm³/mol. The number of hydrogen-bond acceptors (Lipinski definition) is 5. The largest absolute Gasteiger partial charge is 0.491 e. The van der Waals surface area contributed by atoms with Crippen LogP contribution in [0.2, 0.25) is 0 Å². The van der Waals surface area contributed by atoms with Crippen LogP contribution in [-0.2, 0) is 20.6 Å². The molecule has 0 spiro atoms. The zero-order chi connectivity index (χ0) is 14.9. The molecule has 0 saturated carbocycles. The van der Waals surface area contributed by atoms with E-state index in [1.165, 1.54) is 11.1 Å². The Morgan fingerprint density at radius 2 is 1.76 bits per heavy atom. The van der Waals surface area contributed by atoms with Gasteiger partial charge in [-0.2, -0.15) is 0 Å². The van der Waals surface area contributed by atoms with Crippen LogP contribution in [0.25, 0.3) is 0 Å². The second-order valence-electron chi connectivity index (χ2n) is 5.07. The third kappa shape index (κ3) is 5.28. The minimum Gasteiger partial charge on any atom is -0.491 e. The summed E-state index contributed by atoms with van der Waals surface area (Å²) < 4.78 is 21.3. The van der Waals surface area contributed by atoms with Gasteiger partial charge in [0.2, 0.25) is 0 Å². The van der Waals surface area contributed by atoms with E-state index in [9.17, 15) is 0 Å². The molecule has 0 saturated heterocycles. The summed E-state index contributed by atoms with van der Waals surface area (Å²) in [5.74, 6) is 0.891. The number of ether oxygens (including phenoxy) is 4. The Kier molecular flexibility index (Phi) is 6.95. The molecule has 1 aromatic carbocycles. The molecule has 21 heavy (non-hydrogen) atoms. The van der Waals surface area contributed by atoms with Crippen molar-refractivity contribution >= 4 is 0 Å². The van der Waals surface area contributed by atoms with E-state index in [1.54, 1.807) is 7.11 Å². The maximum atomic E-state index is 6.01. The normalized spacial score (nSPS) is 17.0. The summed E-state index contributed by atoms with van der Waals surface area (Å²) in [4.78, 5) is 0. The van der Waals surface area contributed by atoms with Crippen LogP contribution >= 0.6 is 0 Å². The van der Waals surface area contributed by atoms with E-state index in [-0.39, 0.29) is 6.04 Å². The van der Waals surface area contributed by atoms with Crippen molar-refractivity contribution in [2.75, 3.05) is 46.8 Å². The van der Waals surface area contributed by atoms with E-state index in [0.29, 0.717) is 39.6 Å². The molecule has 0 bridgehead atoms. The Labute approximate surface area is 126 Å².